The highest BCUT2D eigenvalue weighted by Crippen LogP contribution is 2.31. The number of hydrogen-bond donors (Lipinski definition) is 1. The summed E-state index contributed by atoms with van der Waals surface area (Å²) < 4.78 is 41.3. The number of halogens is 3. The zero-order chi connectivity index (χ0) is 21.0. The first-order chi connectivity index (χ1) is 13.8. The number of imidazole rings is 1. The minimum absolute atomic E-state index is 0.207. The van der Waals surface area contributed by atoms with Gasteiger partial charge in [-0.25, -0.2) is 4.98 Å². The largest absolute Gasteiger partial charge is 0.449 e. The van der Waals surface area contributed by atoms with Gasteiger partial charge in [-0.15, -0.1) is 0 Å². The van der Waals surface area contributed by atoms with Crippen molar-refractivity contribution in [3.8, 4) is 0 Å². The number of fused-ring (bicyclic) bond motifs is 1. The first-order valence-corrected chi connectivity index (χ1v) is 9.23. The number of amidine groups is 1. The number of nitrogens with zero attached hydrogens (tertiary/aromatic N) is 5. The number of benzene rings is 1. The van der Waals surface area contributed by atoms with E-state index in [1.165, 1.54) is 6.21 Å². The van der Waals surface area contributed by atoms with Crippen molar-refractivity contribution in [1.29, 1.82) is 0 Å². The summed E-state index contributed by atoms with van der Waals surface area (Å²) in [7, 11) is 1.60. The van der Waals surface area contributed by atoms with Crippen LogP contribution in [0.15, 0.2) is 45.5 Å². The van der Waals surface area contributed by atoms with Gasteiger partial charge in [0.15, 0.2) is 0 Å². The quantitative estimate of drug-likeness (QED) is 0.605. The Morgan fingerprint density at radius 3 is 2.83 bits per heavy atom. The van der Waals surface area contributed by atoms with Gasteiger partial charge in [0, 0.05) is 31.4 Å². The minimum Gasteiger partial charge on any atom is -0.368 e. The molecular weight excluding hydrogens is 381 g/mol. The average Bonchev–Trinajstić information content (AvgIpc) is 3.03. The van der Waals surface area contributed by atoms with E-state index >= 15 is 0 Å². The van der Waals surface area contributed by atoms with Crippen molar-refractivity contribution in [2.24, 2.45) is 20.9 Å². The number of aliphatic imine (C=N–C) groups is 3. The number of aromatic nitrogens is 2. The monoisotopic (exact) mass is 404 g/mol. The van der Waals surface area contributed by atoms with Crippen molar-refractivity contribution in [3.63, 3.8) is 0 Å². The highest BCUT2D eigenvalue weighted by molar-refractivity contribution is 6.29. The Morgan fingerprint density at radius 2 is 2.14 bits per heavy atom. The van der Waals surface area contributed by atoms with E-state index in [2.05, 4.69) is 25.3 Å². The van der Waals surface area contributed by atoms with Gasteiger partial charge in [0.25, 0.3) is 0 Å². The Kier molecular flexibility index (Phi) is 6.14. The van der Waals surface area contributed by atoms with E-state index in [4.69, 9.17) is 0 Å². The second-order valence-electron chi connectivity index (χ2n) is 6.88. The maximum Gasteiger partial charge on any atom is 0.449 e. The third kappa shape index (κ3) is 4.90. The predicted molar refractivity (Wildman–Crippen MR) is 110 cm³/mol. The van der Waals surface area contributed by atoms with Crippen molar-refractivity contribution >= 4 is 28.8 Å². The lowest BCUT2D eigenvalue weighted by molar-refractivity contribution is -0.146. The molecule has 9 heteroatoms. The molecule has 2 aromatic rings. The van der Waals surface area contributed by atoms with Crippen molar-refractivity contribution in [3.05, 3.63) is 41.9 Å². The molecule has 2 heterocycles. The molecular formula is C20H23F3N6. The molecule has 1 atom stereocenters. The number of nitrogens with one attached hydrogen (secondary N) is 1. The van der Waals surface area contributed by atoms with Gasteiger partial charge >= 0.3 is 6.18 Å². The fourth-order valence-corrected chi connectivity index (χ4v) is 3.12. The first kappa shape index (κ1) is 20.8. The number of hydrogen-bond acceptors (Lipinski definition) is 4. The molecule has 0 bridgehead atoms. The summed E-state index contributed by atoms with van der Waals surface area (Å²) in [5, 5.41) is 3.18. The highest BCUT2D eigenvalue weighted by atomic mass is 19.4. The second-order valence-corrected chi connectivity index (χ2v) is 6.88. The average molecular weight is 404 g/mol. The van der Waals surface area contributed by atoms with Gasteiger partial charge in [0.1, 0.15) is 12.5 Å². The maximum atomic E-state index is 13.4. The molecule has 0 saturated heterocycles. The van der Waals surface area contributed by atoms with Crippen molar-refractivity contribution < 1.29 is 13.2 Å². The van der Waals surface area contributed by atoms with Gasteiger partial charge in [-0.3, -0.25) is 15.0 Å². The topological polar surface area (TPSA) is 66.9 Å². The summed E-state index contributed by atoms with van der Waals surface area (Å²) >= 11 is 0. The number of alkyl halides is 3. The fraction of sp³-hybridized carbons (Fsp3) is 0.400. The summed E-state index contributed by atoms with van der Waals surface area (Å²) in [6.45, 7) is 4.20. The summed E-state index contributed by atoms with van der Waals surface area (Å²) in [6, 6.07) is 5.02. The molecule has 1 unspecified atom stereocenters. The van der Waals surface area contributed by atoms with E-state index in [-0.39, 0.29) is 12.6 Å². The minimum atomic E-state index is -4.56. The smallest absolute Gasteiger partial charge is 0.368 e. The lowest BCUT2D eigenvalue weighted by Gasteiger charge is -2.18. The van der Waals surface area contributed by atoms with Crippen molar-refractivity contribution in [1.82, 2.24) is 14.9 Å². The molecule has 6 nitrogen and oxygen atoms in total. The Labute approximate surface area is 167 Å². The standard InChI is InChI=1S/C20H23F3N6/c1-13-6-7-17-16(9-13)28-19(20(21,22)23)29(17)12-25-11-18(24-3)27-10-15-5-4-8-26-14(15)2/h4,6-9,11,15H,5,10,12H2,1-3H3,(H,24,27). The molecule has 3 rings (SSSR count). The van der Waals surface area contributed by atoms with Crippen LogP contribution >= 0.6 is 0 Å². The molecule has 1 N–H and O–H groups in total. The molecule has 1 aliphatic heterocycles. The van der Waals surface area contributed by atoms with Crippen molar-refractivity contribution in [2.75, 3.05) is 13.6 Å². The Balaban J connectivity index is 1.74. The van der Waals surface area contributed by atoms with Crippen LogP contribution in [0.2, 0.25) is 0 Å². The fourth-order valence-electron chi connectivity index (χ4n) is 3.12. The van der Waals surface area contributed by atoms with Crippen LogP contribution in [0.3, 0.4) is 0 Å². The maximum absolute atomic E-state index is 13.4. The van der Waals surface area contributed by atoms with Gasteiger partial charge in [-0.2, -0.15) is 13.2 Å². The molecule has 0 fully saturated rings. The van der Waals surface area contributed by atoms with Crippen LogP contribution < -0.4 is 5.32 Å². The van der Waals surface area contributed by atoms with Crippen LogP contribution in [0.5, 0.6) is 0 Å². The summed E-state index contributed by atoms with van der Waals surface area (Å²) in [6.07, 6.45) is 1.56. The summed E-state index contributed by atoms with van der Waals surface area (Å²) in [5.74, 6) is -0.206. The Hall–Kier alpha value is -2.97. The van der Waals surface area contributed by atoms with Crippen LogP contribution in [0.4, 0.5) is 13.2 Å². The van der Waals surface area contributed by atoms with E-state index in [9.17, 15) is 13.2 Å². The van der Waals surface area contributed by atoms with Gasteiger partial charge in [-0.1, -0.05) is 12.1 Å². The molecule has 0 amide bonds. The number of allylic oxidation sites excluding steroid dienone is 1. The lowest BCUT2D eigenvalue weighted by atomic mass is 9.98. The molecule has 29 heavy (non-hydrogen) atoms. The van der Waals surface area contributed by atoms with Crippen LogP contribution in [-0.2, 0) is 12.8 Å². The van der Waals surface area contributed by atoms with Crippen LogP contribution in [0.25, 0.3) is 11.0 Å². The Morgan fingerprint density at radius 1 is 1.34 bits per heavy atom. The Bertz CT molecular complexity index is 998. The van der Waals surface area contributed by atoms with Gasteiger partial charge in [0.2, 0.25) is 5.82 Å². The number of rotatable bonds is 5. The molecule has 1 aliphatic rings. The summed E-state index contributed by atoms with van der Waals surface area (Å²) in [5.41, 5.74) is 2.57. The third-order valence-electron chi connectivity index (χ3n) is 4.76. The molecule has 0 aliphatic carbocycles. The van der Waals surface area contributed by atoms with Crippen LogP contribution in [-0.4, -0.2) is 40.9 Å². The molecule has 154 valence electrons. The van der Waals surface area contributed by atoms with Gasteiger partial charge in [0.05, 0.1) is 17.2 Å². The number of aryl methyl sites for hydroxylation is 1. The second kappa shape index (κ2) is 8.59. The van der Waals surface area contributed by atoms with Crippen LogP contribution in [0.1, 0.15) is 24.7 Å². The zero-order valence-electron chi connectivity index (χ0n) is 16.5. The molecule has 1 aromatic carbocycles. The zero-order valence-corrected chi connectivity index (χ0v) is 16.5. The normalized spacial score (nSPS) is 17.9. The summed E-state index contributed by atoms with van der Waals surface area (Å²) in [4.78, 5) is 16.3. The van der Waals surface area contributed by atoms with Crippen LogP contribution in [0, 0.1) is 12.8 Å². The highest BCUT2D eigenvalue weighted by Gasteiger charge is 2.37. The first-order valence-electron chi connectivity index (χ1n) is 9.23. The lowest BCUT2D eigenvalue weighted by Crippen LogP contribution is -2.33. The molecule has 1 aromatic heterocycles. The van der Waals surface area contributed by atoms with E-state index in [0.717, 1.165) is 22.3 Å². The SMILES string of the molecule is CN=C(C=NCn1c(C(F)(F)F)nc2cc(C)ccc21)NCC1CC=CN=C1C. The molecule has 0 spiro atoms. The van der Waals surface area contributed by atoms with E-state index in [1.54, 1.807) is 31.4 Å². The van der Waals surface area contributed by atoms with E-state index in [0.29, 0.717) is 23.4 Å². The predicted octanol–water partition coefficient (Wildman–Crippen LogP) is 4.00. The molecule has 0 radical (unpaired) electrons. The molecule has 0 saturated carbocycles. The van der Waals surface area contributed by atoms with Crippen molar-refractivity contribution in [2.45, 2.75) is 33.1 Å². The van der Waals surface area contributed by atoms with Gasteiger partial charge in [-0.05, 0) is 38.0 Å². The third-order valence-corrected chi connectivity index (χ3v) is 4.76. The van der Waals surface area contributed by atoms with Gasteiger partial charge < -0.3 is 9.88 Å². The van der Waals surface area contributed by atoms with E-state index < -0.39 is 12.0 Å². The van der Waals surface area contributed by atoms with E-state index in [1.807, 2.05) is 19.9 Å².